The van der Waals surface area contributed by atoms with Crippen molar-refractivity contribution in [3.8, 4) is 5.75 Å². The molecule has 118 valence electrons. The van der Waals surface area contributed by atoms with E-state index in [2.05, 4.69) is 9.97 Å². The number of nitrogens with one attached hydrogen (secondary N) is 1. The van der Waals surface area contributed by atoms with Gasteiger partial charge in [-0.15, -0.1) is 0 Å². The standard InChI is InChI=1S/C15H19N3O3S/c1-11-10-16-15(17-11)14-4-3-9-18(14)22(19,20)13-7-5-12(21-2)6-8-13/h5-8,10,14H,3-4,9H2,1-2H3,(H,16,17)/t14-/m1/s1. The first-order valence-corrected chi connectivity index (χ1v) is 8.64. The number of ether oxygens (including phenoxy) is 1. The Morgan fingerprint density at radius 3 is 2.64 bits per heavy atom. The van der Waals surface area contributed by atoms with Crippen LogP contribution in [-0.2, 0) is 10.0 Å². The third-order valence-electron chi connectivity index (χ3n) is 3.91. The van der Waals surface area contributed by atoms with Gasteiger partial charge in [0.1, 0.15) is 11.6 Å². The zero-order valence-electron chi connectivity index (χ0n) is 12.6. The lowest BCUT2D eigenvalue weighted by molar-refractivity contribution is 0.384. The van der Waals surface area contributed by atoms with Crippen LogP contribution in [0.1, 0.15) is 30.4 Å². The average Bonchev–Trinajstić information content (AvgIpc) is 3.16. The molecule has 2 heterocycles. The van der Waals surface area contributed by atoms with Crippen molar-refractivity contribution in [3.63, 3.8) is 0 Å². The van der Waals surface area contributed by atoms with Gasteiger partial charge in [0.2, 0.25) is 10.0 Å². The number of methoxy groups -OCH3 is 1. The molecule has 3 rings (SSSR count). The number of aryl methyl sites for hydroxylation is 1. The number of sulfonamides is 1. The van der Waals surface area contributed by atoms with Gasteiger partial charge in [0.25, 0.3) is 0 Å². The fourth-order valence-electron chi connectivity index (χ4n) is 2.79. The highest BCUT2D eigenvalue weighted by molar-refractivity contribution is 7.89. The summed E-state index contributed by atoms with van der Waals surface area (Å²) in [6.07, 6.45) is 3.34. The summed E-state index contributed by atoms with van der Waals surface area (Å²) in [4.78, 5) is 7.73. The molecule has 1 atom stereocenters. The van der Waals surface area contributed by atoms with E-state index in [4.69, 9.17) is 4.74 Å². The first-order valence-electron chi connectivity index (χ1n) is 7.20. The molecule has 1 aliphatic heterocycles. The van der Waals surface area contributed by atoms with E-state index in [0.717, 1.165) is 18.5 Å². The normalized spacial score (nSPS) is 19.5. The molecule has 1 fully saturated rings. The van der Waals surface area contributed by atoms with Crippen LogP contribution in [-0.4, -0.2) is 36.3 Å². The molecule has 1 aliphatic rings. The van der Waals surface area contributed by atoms with Gasteiger partial charge in [0.15, 0.2) is 0 Å². The minimum atomic E-state index is -3.53. The number of rotatable bonds is 4. The number of aromatic amines is 1. The molecule has 0 amide bonds. The SMILES string of the molecule is COc1ccc(S(=O)(=O)N2CCC[C@@H]2c2ncc(C)[nH]2)cc1. The smallest absolute Gasteiger partial charge is 0.243 e. The minimum absolute atomic E-state index is 0.221. The zero-order chi connectivity index (χ0) is 15.7. The highest BCUT2D eigenvalue weighted by atomic mass is 32.2. The lowest BCUT2D eigenvalue weighted by Gasteiger charge is -2.22. The molecule has 6 nitrogen and oxygen atoms in total. The van der Waals surface area contributed by atoms with Gasteiger partial charge in [0.05, 0.1) is 18.0 Å². The molecule has 1 N–H and O–H groups in total. The first-order chi connectivity index (χ1) is 10.5. The second-order valence-corrected chi connectivity index (χ2v) is 7.29. The third-order valence-corrected chi connectivity index (χ3v) is 5.83. The largest absolute Gasteiger partial charge is 0.497 e. The van der Waals surface area contributed by atoms with Gasteiger partial charge in [0, 0.05) is 18.4 Å². The van der Waals surface area contributed by atoms with Crippen LogP contribution in [0.5, 0.6) is 5.75 Å². The topological polar surface area (TPSA) is 75.3 Å². The maximum atomic E-state index is 12.9. The molecule has 0 unspecified atom stereocenters. The third kappa shape index (κ3) is 2.62. The van der Waals surface area contributed by atoms with E-state index < -0.39 is 10.0 Å². The summed E-state index contributed by atoms with van der Waals surface area (Å²) in [7, 11) is -1.98. The molecule has 1 aromatic heterocycles. The molecular formula is C15H19N3O3S. The maximum Gasteiger partial charge on any atom is 0.243 e. The highest BCUT2D eigenvalue weighted by Gasteiger charge is 2.37. The molecule has 7 heteroatoms. The van der Waals surface area contributed by atoms with Crippen LogP contribution in [0.4, 0.5) is 0 Å². The number of hydrogen-bond acceptors (Lipinski definition) is 4. The fourth-order valence-corrected chi connectivity index (χ4v) is 4.45. The van der Waals surface area contributed by atoms with Gasteiger partial charge in [-0.2, -0.15) is 4.31 Å². The van der Waals surface area contributed by atoms with Gasteiger partial charge in [-0.25, -0.2) is 13.4 Å². The van der Waals surface area contributed by atoms with E-state index in [1.165, 1.54) is 4.31 Å². The molecule has 0 bridgehead atoms. The average molecular weight is 321 g/mol. The molecule has 2 aromatic rings. The number of aromatic nitrogens is 2. The van der Waals surface area contributed by atoms with Crippen LogP contribution in [0, 0.1) is 6.92 Å². The Hall–Kier alpha value is -1.86. The second-order valence-electron chi connectivity index (χ2n) is 5.40. The van der Waals surface area contributed by atoms with E-state index in [1.54, 1.807) is 37.6 Å². The predicted octanol–water partition coefficient (Wildman–Crippen LogP) is 2.25. The molecule has 0 saturated carbocycles. The molecule has 1 aromatic carbocycles. The van der Waals surface area contributed by atoms with Crippen molar-refractivity contribution >= 4 is 10.0 Å². The van der Waals surface area contributed by atoms with E-state index in [1.807, 2.05) is 6.92 Å². The predicted molar refractivity (Wildman–Crippen MR) is 82.2 cm³/mol. The van der Waals surface area contributed by atoms with Crippen molar-refractivity contribution in [3.05, 3.63) is 42.0 Å². The van der Waals surface area contributed by atoms with E-state index in [0.29, 0.717) is 18.1 Å². The van der Waals surface area contributed by atoms with Gasteiger partial charge < -0.3 is 9.72 Å². The Morgan fingerprint density at radius 2 is 2.05 bits per heavy atom. The number of H-pyrrole nitrogens is 1. The number of imidazole rings is 1. The van der Waals surface area contributed by atoms with Crippen LogP contribution < -0.4 is 4.74 Å². The minimum Gasteiger partial charge on any atom is -0.497 e. The quantitative estimate of drug-likeness (QED) is 0.937. The maximum absolute atomic E-state index is 12.9. The van der Waals surface area contributed by atoms with Crippen LogP contribution in [0.3, 0.4) is 0 Å². The highest BCUT2D eigenvalue weighted by Crippen LogP contribution is 2.35. The summed E-state index contributed by atoms with van der Waals surface area (Å²) < 4.78 is 32.3. The Labute approximate surface area is 130 Å². The lowest BCUT2D eigenvalue weighted by Crippen LogP contribution is -2.31. The van der Waals surface area contributed by atoms with Gasteiger partial charge in [-0.1, -0.05) is 0 Å². The molecule has 22 heavy (non-hydrogen) atoms. The Morgan fingerprint density at radius 1 is 1.32 bits per heavy atom. The summed E-state index contributed by atoms with van der Waals surface area (Å²) in [6, 6.07) is 6.26. The van der Waals surface area contributed by atoms with Gasteiger partial charge in [-0.3, -0.25) is 0 Å². The van der Waals surface area contributed by atoms with Crippen molar-refractivity contribution in [2.45, 2.75) is 30.7 Å². The molecule has 0 radical (unpaired) electrons. The number of nitrogens with zero attached hydrogens (tertiary/aromatic N) is 2. The fraction of sp³-hybridized carbons (Fsp3) is 0.400. The Balaban J connectivity index is 1.93. The van der Waals surface area contributed by atoms with Crippen LogP contribution in [0.15, 0.2) is 35.4 Å². The van der Waals surface area contributed by atoms with E-state index in [9.17, 15) is 8.42 Å². The van der Waals surface area contributed by atoms with Crippen molar-refractivity contribution < 1.29 is 13.2 Å². The lowest BCUT2D eigenvalue weighted by atomic mass is 10.2. The molecule has 1 saturated heterocycles. The summed E-state index contributed by atoms with van der Waals surface area (Å²) in [5, 5.41) is 0. The molecular weight excluding hydrogens is 302 g/mol. The van der Waals surface area contributed by atoms with Crippen molar-refractivity contribution in [1.82, 2.24) is 14.3 Å². The second kappa shape index (κ2) is 5.73. The van der Waals surface area contributed by atoms with E-state index in [-0.39, 0.29) is 10.9 Å². The van der Waals surface area contributed by atoms with Crippen LogP contribution in [0.2, 0.25) is 0 Å². The first kappa shape index (κ1) is 15.1. The van der Waals surface area contributed by atoms with Crippen LogP contribution >= 0.6 is 0 Å². The van der Waals surface area contributed by atoms with Gasteiger partial charge >= 0.3 is 0 Å². The summed E-state index contributed by atoms with van der Waals surface area (Å²) >= 11 is 0. The van der Waals surface area contributed by atoms with Crippen molar-refractivity contribution in [2.75, 3.05) is 13.7 Å². The Kier molecular flexibility index (Phi) is 3.92. The monoisotopic (exact) mass is 321 g/mol. The van der Waals surface area contributed by atoms with Crippen LogP contribution in [0.25, 0.3) is 0 Å². The van der Waals surface area contributed by atoms with E-state index >= 15 is 0 Å². The Bertz CT molecular complexity index is 753. The summed E-state index contributed by atoms with van der Waals surface area (Å²) in [6.45, 7) is 2.42. The summed E-state index contributed by atoms with van der Waals surface area (Å²) in [5.74, 6) is 1.35. The van der Waals surface area contributed by atoms with Gasteiger partial charge in [-0.05, 0) is 44.0 Å². The summed E-state index contributed by atoms with van der Waals surface area (Å²) in [5.41, 5.74) is 0.934. The zero-order valence-corrected chi connectivity index (χ0v) is 13.4. The number of hydrogen-bond donors (Lipinski definition) is 1. The molecule has 0 aliphatic carbocycles. The number of benzene rings is 1. The van der Waals surface area contributed by atoms with Crippen molar-refractivity contribution in [2.24, 2.45) is 0 Å². The van der Waals surface area contributed by atoms with Crippen molar-refractivity contribution in [1.29, 1.82) is 0 Å². The molecule has 0 spiro atoms.